The molecule has 7 nitrogen and oxygen atoms in total. The lowest BCUT2D eigenvalue weighted by Crippen LogP contribution is -2.13. The largest absolute Gasteiger partial charge is 0.454 e. The molecule has 0 amide bonds. The number of hydrogen-bond donors (Lipinski definition) is 1. The molecule has 168 valence electrons. The first-order chi connectivity index (χ1) is 15.8. The van der Waals surface area contributed by atoms with Gasteiger partial charge < -0.3 is 9.72 Å². The van der Waals surface area contributed by atoms with Gasteiger partial charge in [0.1, 0.15) is 12.4 Å². The highest BCUT2D eigenvalue weighted by Gasteiger charge is 2.12. The van der Waals surface area contributed by atoms with Crippen molar-refractivity contribution >= 4 is 46.2 Å². The Morgan fingerprint density at radius 2 is 1.97 bits per heavy atom. The molecular weight excluding hydrogens is 463 g/mol. The number of carbonyl (C=O) groups is 1. The summed E-state index contributed by atoms with van der Waals surface area (Å²) in [6.45, 7) is 4.15. The summed E-state index contributed by atoms with van der Waals surface area (Å²) < 4.78 is 7.09. The summed E-state index contributed by atoms with van der Waals surface area (Å²) in [6, 6.07) is 12.4. The van der Waals surface area contributed by atoms with Crippen molar-refractivity contribution in [3.8, 4) is 0 Å². The quantitative estimate of drug-likeness (QED) is 0.313. The van der Waals surface area contributed by atoms with Crippen LogP contribution in [0.5, 0.6) is 0 Å². The summed E-state index contributed by atoms with van der Waals surface area (Å²) in [5, 5.41) is 6.11. The molecule has 0 bridgehead atoms. The maximum absolute atomic E-state index is 12.3. The number of nitrogens with zero attached hydrogens (tertiary/aromatic N) is 3. The Morgan fingerprint density at radius 3 is 2.76 bits per heavy atom. The highest BCUT2D eigenvalue weighted by molar-refractivity contribution is 6.31. The molecular formula is C24H20Cl2N4O3. The second-order valence-corrected chi connectivity index (χ2v) is 8.29. The van der Waals surface area contributed by atoms with Gasteiger partial charge in [-0.1, -0.05) is 41.4 Å². The van der Waals surface area contributed by atoms with Gasteiger partial charge in [0, 0.05) is 27.4 Å². The Hall–Kier alpha value is -3.42. The topological polar surface area (TPSA) is 89.9 Å². The third-order valence-corrected chi connectivity index (χ3v) is 5.77. The average Bonchev–Trinajstić information content (AvgIpc) is 3.04. The van der Waals surface area contributed by atoms with E-state index in [2.05, 4.69) is 15.1 Å². The second kappa shape index (κ2) is 9.60. The molecule has 0 saturated carbocycles. The number of ether oxygens (including phenoxy) is 1. The number of esters is 1. The molecule has 1 N–H and O–H groups in total. The molecule has 2 aromatic heterocycles. The smallest absolute Gasteiger partial charge is 0.331 e. The molecule has 2 aromatic carbocycles. The zero-order valence-corrected chi connectivity index (χ0v) is 19.4. The number of aromatic amines is 1. The molecule has 0 aliphatic rings. The van der Waals surface area contributed by atoms with E-state index >= 15 is 0 Å². The Labute approximate surface area is 199 Å². The predicted octanol–water partition coefficient (Wildman–Crippen LogP) is 4.85. The predicted molar refractivity (Wildman–Crippen MR) is 128 cm³/mol. The number of carbonyl (C=O) groups excluding carboxylic acids is 1. The van der Waals surface area contributed by atoms with Gasteiger partial charge in [0.25, 0.3) is 5.56 Å². The zero-order valence-electron chi connectivity index (χ0n) is 17.9. The lowest BCUT2D eigenvalue weighted by Gasteiger charge is -2.06. The van der Waals surface area contributed by atoms with E-state index in [0.717, 1.165) is 22.5 Å². The number of rotatable bonds is 6. The fourth-order valence-electron chi connectivity index (χ4n) is 3.46. The van der Waals surface area contributed by atoms with Gasteiger partial charge in [-0.25, -0.2) is 9.78 Å². The van der Waals surface area contributed by atoms with Gasteiger partial charge in [0.15, 0.2) is 0 Å². The van der Waals surface area contributed by atoms with Crippen LogP contribution in [0.15, 0.2) is 53.3 Å². The van der Waals surface area contributed by atoms with Crippen LogP contribution in [0.1, 0.15) is 28.3 Å². The molecule has 0 atom stereocenters. The van der Waals surface area contributed by atoms with E-state index in [9.17, 15) is 9.59 Å². The lowest BCUT2D eigenvalue weighted by atomic mass is 10.1. The minimum atomic E-state index is -0.568. The van der Waals surface area contributed by atoms with Crippen molar-refractivity contribution in [3.63, 3.8) is 0 Å². The van der Waals surface area contributed by atoms with Gasteiger partial charge in [-0.05, 0) is 49.8 Å². The molecule has 33 heavy (non-hydrogen) atoms. The first kappa shape index (κ1) is 22.8. The van der Waals surface area contributed by atoms with Gasteiger partial charge in [-0.2, -0.15) is 5.10 Å². The molecule has 4 rings (SSSR count). The SMILES string of the molecule is Cc1nn(Cc2ccccc2Cl)c(C)c1/C=C/C(=O)OCc1nc2cc(Cl)ccc2c(=O)[nH]1. The first-order valence-corrected chi connectivity index (χ1v) is 10.9. The number of halogens is 2. The van der Waals surface area contributed by atoms with Crippen molar-refractivity contribution < 1.29 is 9.53 Å². The van der Waals surface area contributed by atoms with E-state index in [1.165, 1.54) is 6.08 Å². The number of nitrogens with one attached hydrogen (secondary N) is 1. The minimum Gasteiger partial charge on any atom is -0.454 e. The summed E-state index contributed by atoms with van der Waals surface area (Å²) in [4.78, 5) is 31.4. The fraction of sp³-hybridized carbons (Fsp3) is 0.167. The van der Waals surface area contributed by atoms with E-state index < -0.39 is 5.97 Å². The number of fused-ring (bicyclic) bond motifs is 1. The molecule has 0 saturated heterocycles. The Morgan fingerprint density at radius 1 is 1.18 bits per heavy atom. The molecule has 0 radical (unpaired) electrons. The van der Waals surface area contributed by atoms with Crippen molar-refractivity contribution in [1.29, 1.82) is 0 Å². The summed E-state index contributed by atoms with van der Waals surface area (Å²) in [5.41, 5.74) is 3.57. The molecule has 4 aromatic rings. The normalized spacial score (nSPS) is 11.4. The van der Waals surface area contributed by atoms with Crippen molar-refractivity contribution in [2.75, 3.05) is 0 Å². The molecule has 0 unspecified atom stereocenters. The zero-order chi connectivity index (χ0) is 23.5. The highest BCUT2D eigenvalue weighted by atomic mass is 35.5. The van der Waals surface area contributed by atoms with E-state index in [-0.39, 0.29) is 18.0 Å². The van der Waals surface area contributed by atoms with Crippen LogP contribution in [0.4, 0.5) is 0 Å². The molecule has 2 heterocycles. The van der Waals surface area contributed by atoms with Crippen LogP contribution in [0, 0.1) is 13.8 Å². The standard InChI is InChI=1S/C24H20Cl2N4O3/c1-14-18(15(2)30(29-14)12-16-5-3-4-6-20(16)26)9-10-23(31)33-13-22-27-21-11-17(25)7-8-19(21)24(32)28-22/h3-11H,12-13H2,1-2H3,(H,27,28,32)/b10-9+. The summed E-state index contributed by atoms with van der Waals surface area (Å²) in [6.07, 6.45) is 2.99. The van der Waals surface area contributed by atoms with Crippen LogP contribution in [0.2, 0.25) is 10.0 Å². The van der Waals surface area contributed by atoms with Crippen molar-refractivity contribution in [1.82, 2.24) is 19.7 Å². The number of benzene rings is 2. The van der Waals surface area contributed by atoms with Crippen LogP contribution in [0.3, 0.4) is 0 Å². The third kappa shape index (κ3) is 5.16. The highest BCUT2D eigenvalue weighted by Crippen LogP contribution is 2.20. The maximum atomic E-state index is 12.3. The lowest BCUT2D eigenvalue weighted by molar-refractivity contribution is -0.139. The number of aryl methyl sites for hydroxylation is 1. The van der Waals surface area contributed by atoms with Crippen molar-refractivity contribution in [3.05, 3.63) is 97.3 Å². The van der Waals surface area contributed by atoms with E-state index in [1.807, 2.05) is 42.8 Å². The van der Waals surface area contributed by atoms with Crippen LogP contribution in [-0.2, 0) is 22.7 Å². The number of H-pyrrole nitrogens is 1. The van der Waals surface area contributed by atoms with Gasteiger partial charge >= 0.3 is 5.97 Å². The van der Waals surface area contributed by atoms with Gasteiger partial charge in [-0.3, -0.25) is 9.48 Å². The minimum absolute atomic E-state index is 0.176. The summed E-state index contributed by atoms with van der Waals surface area (Å²) in [7, 11) is 0. The molecule has 0 spiro atoms. The van der Waals surface area contributed by atoms with Crippen LogP contribution in [-0.4, -0.2) is 25.7 Å². The Balaban J connectivity index is 1.45. The van der Waals surface area contributed by atoms with Gasteiger partial charge in [0.2, 0.25) is 0 Å². The van der Waals surface area contributed by atoms with E-state index in [0.29, 0.717) is 27.5 Å². The Kier molecular flexibility index (Phi) is 6.62. The van der Waals surface area contributed by atoms with Gasteiger partial charge in [0.05, 0.1) is 23.1 Å². The maximum Gasteiger partial charge on any atom is 0.331 e. The molecule has 0 aliphatic carbocycles. The van der Waals surface area contributed by atoms with Crippen molar-refractivity contribution in [2.45, 2.75) is 27.0 Å². The number of hydrogen-bond acceptors (Lipinski definition) is 5. The monoisotopic (exact) mass is 482 g/mol. The second-order valence-electron chi connectivity index (χ2n) is 7.45. The summed E-state index contributed by atoms with van der Waals surface area (Å²) in [5.74, 6) is -0.335. The molecule has 9 heteroatoms. The van der Waals surface area contributed by atoms with Gasteiger partial charge in [-0.15, -0.1) is 0 Å². The summed E-state index contributed by atoms with van der Waals surface area (Å²) >= 11 is 12.2. The third-order valence-electron chi connectivity index (χ3n) is 5.17. The average molecular weight is 483 g/mol. The molecule has 0 fully saturated rings. The number of aromatic nitrogens is 4. The van der Waals surface area contributed by atoms with Crippen molar-refractivity contribution in [2.24, 2.45) is 0 Å². The first-order valence-electron chi connectivity index (χ1n) is 10.1. The fourth-order valence-corrected chi connectivity index (χ4v) is 3.82. The Bertz CT molecular complexity index is 1440. The van der Waals surface area contributed by atoms with E-state index in [1.54, 1.807) is 24.3 Å². The van der Waals surface area contributed by atoms with E-state index in [4.69, 9.17) is 27.9 Å². The van der Waals surface area contributed by atoms with Crippen LogP contribution < -0.4 is 5.56 Å². The molecule has 0 aliphatic heterocycles. The van der Waals surface area contributed by atoms with Crippen LogP contribution >= 0.6 is 23.2 Å². The van der Waals surface area contributed by atoms with Crippen LogP contribution in [0.25, 0.3) is 17.0 Å².